The number of ether oxygens (including phenoxy) is 2. The molecule has 1 unspecified atom stereocenters. The van der Waals surface area contributed by atoms with E-state index in [2.05, 4.69) is 5.32 Å². The van der Waals surface area contributed by atoms with Gasteiger partial charge >= 0.3 is 5.97 Å². The van der Waals surface area contributed by atoms with Gasteiger partial charge in [-0.3, -0.25) is 0 Å². The Hall–Kier alpha value is -0.910. The fourth-order valence-electron chi connectivity index (χ4n) is 1.60. The maximum atomic E-state index is 11.5. The van der Waals surface area contributed by atoms with Crippen molar-refractivity contribution in [3.05, 3.63) is 21.9 Å². The molecule has 1 aromatic heterocycles. The van der Waals surface area contributed by atoms with E-state index in [0.717, 1.165) is 18.7 Å². The van der Waals surface area contributed by atoms with Crippen LogP contribution in [0.2, 0.25) is 0 Å². The lowest BCUT2D eigenvalue weighted by atomic mass is 10.1. The second-order valence-electron chi connectivity index (χ2n) is 3.26. The van der Waals surface area contributed by atoms with E-state index >= 15 is 0 Å². The molecule has 5 heteroatoms. The van der Waals surface area contributed by atoms with Crippen LogP contribution >= 0.6 is 11.3 Å². The molecule has 1 fully saturated rings. The lowest BCUT2D eigenvalue weighted by molar-refractivity contribution is 0.0263. The summed E-state index contributed by atoms with van der Waals surface area (Å²) >= 11 is 1.39. The maximum Gasteiger partial charge on any atom is 0.348 e. The minimum atomic E-state index is -0.283. The Morgan fingerprint density at radius 3 is 3.27 bits per heavy atom. The van der Waals surface area contributed by atoms with Crippen LogP contribution in [0.4, 0.5) is 0 Å². The molecule has 0 radical (unpaired) electrons. The normalized spacial score (nSPS) is 21.3. The van der Waals surface area contributed by atoms with Gasteiger partial charge in [0.05, 0.1) is 19.8 Å². The summed E-state index contributed by atoms with van der Waals surface area (Å²) in [4.78, 5) is 12.1. The van der Waals surface area contributed by atoms with Crippen LogP contribution in [0.15, 0.2) is 11.4 Å². The molecule has 15 heavy (non-hydrogen) atoms. The molecule has 0 aliphatic carbocycles. The molecular formula is C10H13NO3S. The lowest BCUT2D eigenvalue weighted by Gasteiger charge is -2.23. The second-order valence-corrected chi connectivity index (χ2v) is 4.18. The van der Waals surface area contributed by atoms with Crippen molar-refractivity contribution in [1.82, 2.24) is 5.32 Å². The predicted octanol–water partition coefficient (Wildman–Crippen LogP) is 1.20. The van der Waals surface area contributed by atoms with Crippen LogP contribution in [-0.2, 0) is 9.47 Å². The topological polar surface area (TPSA) is 47.6 Å². The first kappa shape index (κ1) is 10.6. The van der Waals surface area contributed by atoms with E-state index < -0.39 is 0 Å². The standard InChI is InChI=1S/C10H13NO3S/c1-13-10(12)9-7(2-5-15-9)8-6-11-3-4-14-8/h2,5,8,11H,3-4,6H2,1H3. The Bertz CT molecular complexity index is 344. The van der Waals surface area contributed by atoms with E-state index in [1.807, 2.05) is 11.4 Å². The molecule has 82 valence electrons. The number of carbonyl (C=O) groups is 1. The average Bonchev–Trinajstić information content (AvgIpc) is 2.78. The molecule has 0 spiro atoms. The molecule has 2 rings (SSSR count). The van der Waals surface area contributed by atoms with Gasteiger partial charge in [0.2, 0.25) is 0 Å². The summed E-state index contributed by atoms with van der Waals surface area (Å²) in [5.74, 6) is -0.283. The number of methoxy groups -OCH3 is 1. The minimum absolute atomic E-state index is 0.0286. The zero-order valence-electron chi connectivity index (χ0n) is 8.49. The van der Waals surface area contributed by atoms with Crippen LogP contribution in [-0.4, -0.2) is 32.8 Å². The van der Waals surface area contributed by atoms with Gasteiger partial charge in [-0.1, -0.05) is 0 Å². The van der Waals surface area contributed by atoms with Gasteiger partial charge in [-0.2, -0.15) is 0 Å². The maximum absolute atomic E-state index is 11.5. The third-order valence-corrected chi connectivity index (χ3v) is 3.25. The van der Waals surface area contributed by atoms with E-state index in [1.165, 1.54) is 18.4 Å². The van der Waals surface area contributed by atoms with E-state index in [9.17, 15) is 4.79 Å². The molecule has 1 atom stereocenters. The average molecular weight is 227 g/mol. The van der Waals surface area contributed by atoms with Gasteiger partial charge in [0.15, 0.2) is 0 Å². The van der Waals surface area contributed by atoms with Gasteiger partial charge in [-0.05, 0) is 11.4 Å². The van der Waals surface area contributed by atoms with Crippen LogP contribution in [0.25, 0.3) is 0 Å². The van der Waals surface area contributed by atoms with Crippen LogP contribution in [0.1, 0.15) is 21.3 Å². The Morgan fingerprint density at radius 2 is 2.60 bits per heavy atom. The number of hydrogen-bond acceptors (Lipinski definition) is 5. The molecular weight excluding hydrogens is 214 g/mol. The van der Waals surface area contributed by atoms with E-state index in [1.54, 1.807) is 0 Å². The largest absolute Gasteiger partial charge is 0.465 e. The summed E-state index contributed by atoms with van der Waals surface area (Å²) in [5.41, 5.74) is 0.930. The van der Waals surface area contributed by atoms with Gasteiger partial charge in [-0.15, -0.1) is 11.3 Å². The van der Waals surface area contributed by atoms with Crippen molar-refractivity contribution < 1.29 is 14.3 Å². The molecule has 1 aliphatic heterocycles. The fraction of sp³-hybridized carbons (Fsp3) is 0.500. The van der Waals surface area contributed by atoms with Gasteiger partial charge in [0.25, 0.3) is 0 Å². The highest BCUT2D eigenvalue weighted by Gasteiger charge is 2.23. The molecule has 1 N–H and O–H groups in total. The summed E-state index contributed by atoms with van der Waals surface area (Å²) < 4.78 is 10.3. The van der Waals surface area contributed by atoms with Crippen molar-refractivity contribution in [2.24, 2.45) is 0 Å². The number of esters is 1. The monoisotopic (exact) mass is 227 g/mol. The van der Waals surface area contributed by atoms with E-state index in [-0.39, 0.29) is 12.1 Å². The summed E-state index contributed by atoms with van der Waals surface area (Å²) in [6, 6.07) is 1.93. The Balaban J connectivity index is 2.19. The number of morpholine rings is 1. The van der Waals surface area contributed by atoms with Crippen LogP contribution in [0.5, 0.6) is 0 Å². The predicted molar refractivity (Wildman–Crippen MR) is 57.2 cm³/mol. The number of nitrogens with one attached hydrogen (secondary N) is 1. The van der Waals surface area contributed by atoms with E-state index in [0.29, 0.717) is 11.5 Å². The first-order valence-corrected chi connectivity index (χ1v) is 5.69. The third kappa shape index (κ3) is 2.19. The minimum Gasteiger partial charge on any atom is -0.465 e. The molecule has 1 aliphatic rings. The molecule has 0 saturated carbocycles. The number of hydrogen-bond donors (Lipinski definition) is 1. The van der Waals surface area contributed by atoms with Gasteiger partial charge in [-0.25, -0.2) is 4.79 Å². The molecule has 0 aromatic carbocycles. The van der Waals surface area contributed by atoms with Crippen molar-refractivity contribution in [2.45, 2.75) is 6.10 Å². The smallest absolute Gasteiger partial charge is 0.348 e. The zero-order valence-corrected chi connectivity index (χ0v) is 9.30. The SMILES string of the molecule is COC(=O)c1sccc1C1CNCCO1. The number of thiophene rings is 1. The Morgan fingerprint density at radius 1 is 1.73 bits per heavy atom. The van der Waals surface area contributed by atoms with Crippen molar-refractivity contribution in [3.63, 3.8) is 0 Å². The third-order valence-electron chi connectivity index (χ3n) is 2.34. The first-order valence-electron chi connectivity index (χ1n) is 4.81. The highest BCUT2D eigenvalue weighted by molar-refractivity contribution is 7.12. The van der Waals surface area contributed by atoms with Crippen molar-refractivity contribution in [1.29, 1.82) is 0 Å². The fourth-order valence-corrected chi connectivity index (χ4v) is 2.46. The van der Waals surface area contributed by atoms with Crippen LogP contribution in [0.3, 0.4) is 0 Å². The Labute approximate surface area is 92.2 Å². The molecule has 0 amide bonds. The summed E-state index contributed by atoms with van der Waals surface area (Å²) in [5, 5.41) is 5.12. The summed E-state index contributed by atoms with van der Waals surface area (Å²) in [7, 11) is 1.39. The van der Waals surface area contributed by atoms with E-state index in [4.69, 9.17) is 9.47 Å². The highest BCUT2D eigenvalue weighted by Crippen LogP contribution is 2.27. The van der Waals surface area contributed by atoms with Crippen molar-refractivity contribution >= 4 is 17.3 Å². The Kier molecular flexibility index (Phi) is 3.35. The molecule has 0 bridgehead atoms. The van der Waals surface area contributed by atoms with Crippen LogP contribution in [0, 0.1) is 0 Å². The molecule has 2 heterocycles. The summed E-state index contributed by atoms with van der Waals surface area (Å²) in [6.07, 6.45) is -0.0286. The van der Waals surface area contributed by atoms with Crippen molar-refractivity contribution in [2.75, 3.05) is 26.8 Å². The second kappa shape index (κ2) is 4.74. The molecule has 4 nitrogen and oxygen atoms in total. The van der Waals surface area contributed by atoms with Gasteiger partial charge < -0.3 is 14.8 Å². The number of rotatable bonds is 2. The zero-order chi connectivity index (χ0) is 10.7. The quantitative estimate of drug-likeness (QED) is 0.771. The molecule has 1 aromatic rings. The van der Waals surface area contributed by atoms with Crippen molar-refractivity contribution in [3.8, 4) is 0 Å². The first-order chi connectivity index (χ1) is 7.33. The van der Waals surface area contributed by atoms with Gasteiger partial charge in [0.1, 0.15) is 4.88 Å². The molecule has 1 saturated heterocycles. The highest BCUT2D eigenvalue weighted by atomic mass is 32.1. The number of carbonyl (C=O) groups excluding carboxylic acids is 1. The van der Waals surface area contributed by atoms with Crippen LogP contribution < -0.4 is 5.32 Å². The lowest BCUT2D eigenvalue weighted by Crippen LogP contribution is -2.33. The summed E-state index contributed by atoms with van der Waals surface area (Å²) in [6.45, 7) is 2.30. The van der Waals surface area contributed by atoms with Gasteiger partial charge in [0, 0.05) is 18.7 Å².